The van der Waals surface area contributed by atoms with Crippen molar-refractivity contribution >= 4 is 0 Å². The van der Waals surface area contributed by atoms with Crippen LogP contribution in [0.4, 0.5) is 0 Å². The third-order valence-corrected chi connectivity index (χ3v) is 3.28. The van der Waals surface area contributed by atoms with E-state index < -0.39 is 0 Å². The number of hydrogen-bond acceptors (Lipinski definition) is 0. The molecule has 1 atom stereocenters. The Balaban J connectivity index is 1.86. The predicted octanol–water partition coefficient (Wildman–Crippen LogP) is 3.78. The Hall–Kier alpha value is -0.780. The van der Waals surface area contributed by atoms with Crippen LogP contribution in [0.3, 0.4) is 0 Å². The second-order valence-corrected chi connectivity index (χ2v) is 4.46. The van der Waals surface area contributed by atoms with Crippen LogP contribution in [0.1, 0.15) is 43.7 Å². The van der Waals surface area contributed by atoms with Crippen molar-refractivity contribution in [3.05, 3.63) is 35.4 Å². The largest absolute Gasteiger partial charge is 0.0654 e. The van der Waals surface area contributed by atoms with Crippen LogP contribution in [0.25, 0.3) is 0 Å². The van der Waals surface area contributed by atoms with Gasteiger partial charge in [-0.1, -0.05) is 44.4 Å². The summed E-state index contributed by atoms with van der Waals surface area (Å²) in [6, 6.07) is 9.65. The van der Waals surface area contributed by atoms with Gasteiger partial charge >= 0.3 is 0 Å². The minimum absolute atomic E-state index is 0.923. The quantitative estimate of drug-likeness (QED) is 0.629. The van der Waals surface area contributed by atoms with Gasteiger partial charge in [-0.3, -0.25) is 0 Å². The molecule has 1 aromatic carbocycles. The van der Waals surface area contributed by atoms with Crippen LogP contribution >= 0.6 is 0 Å². The second kappa shape index (κ2) is 4.63. The van der Waals surface area contributed by atoms with Crippen LogP contribution in [-0.2, 0) is 12.8 Å². The van der Waals surface area contributed by atoms with Crippen LogP contribution in [0.2, 0.25) is 0 Å². The van der Waals surface area contributed by atoms with Crippen molar-refractivity contribution in [3.8, 4) is 0 Å². The number of hydrogen-bond donors (Lipinski definition) is 0. The van der Waals surface area contributed by atoms with E-state index in [1.165, 1.54) is 38.5 Å². The zero-order valence-corrected chi connectivity index (χ0v) is 9.05. The fourth-order valence-corrected chi connectivity index (χ4v) is 2.47. The van der Waals surface area contributed by atoms with Crippen LogP contribution in [0.15, 0.2) is 18.2 Å². The normalized spacial score (nSPS) is 15.8. The molecule has 1 aromatic rings. The van der Waals surface area contributed by atoms with Crippen LogP contribution < -0.4 is 0 Å². The van der Waals surface area contributed by atoms with Crippen LogP contribution in [0.5, 0.6) is 0 Å². The first-order chi connectivity index (χ1) is 6.90. The van der Waals surface area contributed by atoms with E-state index in [2.05, 4.69) is 25.1 Å². The highest BCUT2D eigenvalue weighted by Crippen LogP contribution is 2.29. The first kappa shape index (κ1) is 9.76. The zero-order chi connectivity index (χ0) is 9.80. The Morgan fingerprint density at radius 2 is 2.14 bits per heavy atom. The molecule has 0 nitrogen and oxygen atoms in total. The van der Waals surface area contributed by atoms with Gasteiger partial charge in [0.2, 0.25) is 0 Å². The molecule has 1 radical (unpaired) electrons. The Labute approximate surface area is 87.3 Å². The van der Waals surface area contributed by atoms with E-state index in [1.807, 2.05) is 6.07 Å². The number of fused-ring (bicyclic) bond motifs is 1. The van der Waals surface area contributed by atoms with E-state index in [0.717, 1.165) is 5.92 Å². The van der Waals surface area contributed by atoms with E-state index in [0.29, 0.717) is 0 Å². The highest BCUT2D eigenvalue weighted by Gasteiger charge is 2.19. The standard InChI is InChI=1S/C14H19/c1-2-3-4-7-12-10-13-8-5-6-9-14(13)11-12/h5,8-9,12H,2-4,7,10-11H2,1H3. The molecular weight excluding hydrogens is 168 g/mol. The summed E-state index contributed by atoms with van der Waals surface area (Å²) in [7, 11) is 0. The fraction of sp³-hybridized carbons (Fsp3) is 0.571. The van der Waals surface area contributed by atoms with E-state index in [4.69, 9.17) is 0 Å². The van der Waals surface area contributed by atoms with Gasteiger partial charge in [-0.25, -0.2) is 0 Å². The average Bonchev–Trinajstić information content (AvgIpc) is 2.60. The summed E-state index contributed by atoms with van der Waals surface area (Å²) in [5.41, 5.74) is 3.12. The molecular formula is C14H19. The third kappa shape index (κ3) is 2.17. The van der Waals surface area contributed by atoms with Crippen molar-refractivity contribution in [3.63, 3.8) is 0 Å². The molecule has 0 heterocycles. The van der Waals surface area contributed by atoms with E-state index in [9.17, 15) is 0 Å². The van der Waals surface area contributed by atoms with Gasteiger partial charge < -0.3 is 0 Å². The Morgan fingerprint density at radius 1 is 1.29 bits per heavy atom. The predicted molar refractivity (Wildman–Crippen MR) is 60.3 cm³/mol. The maximum absolute atomic E-state index is 3.18. The third-order valence-electron chi connectivity index (χ3n) is 3.28. The summed E-state index contributed by atoms with van der Waals surface area (Å²) in [6.45, 7) is 2.28. The molecule has 0 spiro atoms. The van der Waals surface area contributed by atoms with Crippen molar-refractivity contribution in [1.82, 2.24) is 0 Å². The summed E-state index contributed by atoms with van der Waals surface area (Å²) in [6.07, 6.45) is 8.19. The maximum Gasteiger partial charge on any atom is -0.0181 e. The molecule has 0 aliphatic heterocycles. The molecule has 1 unspecified atom stereocenters. The molecule has 2 rings (SSSR count). The van der Waals surface area contributed by atoms with Gasteiger partial charge in [0.25, 0.3) is 0 Å². The summed E-state index contributed by atoms with van der Waals surface area (Å²) in [4.78, 5) is 0. The van der Waals surface area contributed by atoms with Crippen LogP contribution in [-0.4, -0.2) is 0 Å². The van der Waals surface area contributed by atoms with Crippen molar-refractivity contribution in [2.75, 3.05) is 0 Å². The topological polar surface area (TPSA) is 0 Å². The first-order valence-electron chi connectivity index (χ1n) is 5.88. The lowest BCUT2D eigenvalue weighted by atomic mass is 9.98. The lowest BCUT2D eigenvalue weighted by Gasteiger charge is -2.07. The minimum atomic E-state index is 0.923. The highest BCUT2D eigenvalue weighted by atomic mass is 14.2. The highest BCUT2D eigenvalue weighted by molar-refractivity contribution is 5.31. The van der Waals surface area contributed by atoms with E-state index in [1.54, 1.807) is 11.1 Å². The Bertz CT molecular complexity index is 263. The Morgan fingerprint density at radius 3 is 2.93 bits per heavy atom. The molecule has 75 valence electrons. The summed E-state index contributed by atoms with van der Waals surface area (Å²) in [5.74, 6) is 0.923. The van der Waals surface area contributed by atoms with Gasteiger partial charge in [-0.2, -0.15) is 0 Å². The van der Waals surface area contributed by atoms with Gasteiger partial charge in [0.15, 0.2) is 0 Å². The molecule has 0 saturated carbocycles. The molecule has 1 aliphatic rings. The van der Waals surface area contributed by atoms with Crippen molar-refractivity contribution in [1.29, 1.82) is 0 Å². The SMILES string of the molecule is CCCCCC1Cc2c[c]ccc2C1. The van der Waals surface area contributed by atoms with Gasteiger partial charge in [-0.15, -0.1) is 0 Å². The number of unbranched alkanes of at least 4 members (excludes halogenated alkanes) is 2. The zero-order valence-electron chi connectivity index (χ0n) is 9.05. The lowest BCUT2D eigenvalue weighted by Crippen LogP contribution is -1.98. The number of rotatable bonds is 4. The summed E-state index contributed by atoms with van der Waals surface area (Å²) >= 11 is 0. The van der Waals surface area contributed by atoms with Crippen LogP contribution in [0, 0.1) is 12.0 Å². The molecule has 0 amide bonds. The van der Waals surface area contributed by atoms with Gasteiger partial charge in [0, 0.05) is 0 Å². The molecule has 0 heteroatoms. The molecule has 0 fully saturated rings. The molecule has 0 N–H and O–H groups in total. The molecule has 0 bridgehead atoms. The monoisotopic (exact) mass is 187 g/mol. The number of benzene rings is 1. The fourth-order valence-electron chi connectivity index (χ4n) is 2.47. The van der Waals surface area contributed by atoms with Gasteiger partial charge in [0.1, 0.15) is 0 Å². The second-order valence-electron chi connectivity index (χ2n) is 4.46. The van der Waals surface area contributed by atoms with E-state index in [-0.39, 0.29) is 0 Å². The van der Waals surface area contributed by atoms with E-state index >= 15 is 0 Å². The maximum atomic E-state index is 3.18. The summed E-state index contributed by atoms with van der Waals surface area (Å²) in [5, 5.41) is 0. The first-order valence-corrected chi connectivity index (χ1v) is 5.88. The van der Waals surface area contributed by atoms with Gasteiger partial charge in [0.05, 0.1) is 0 Å². The molecule has 14 heavy (non-hydrogen) atoms. The lowest BCUT2D eigenvalue weighted by molar-refractivity contribution is 0.480. The molecule has 1 aliphatic carbocycles. The van der Waals surface area contributed by atoms with Crippen molar-refractivity contribution < 1.29 is 0 Å². The molecule has 0 saturated heterocycles. The summed E-state index contributed by atoms with van der Waals surface area (Å²) < 4.78 is 0. The van der Waals surface area contributed by atoms with Crippen molar-refractivity contribution in [2.24, 2.45) is 5.92 Å². The smallest absolute Gasteiger partial charge is 0.0181 e. The Kier molecular flexibility index (Phi) is 3.23. The van der Waals surface area contributed by atoms with Crippen molar-refractivity contribution in [2.45, 2.75) is 45.4 Å². The van der Waals surface area contributed by atoms with Gasteiger partial charge in [-0.05, 0) is 42.4 Å². The molecule has 0 aromatic heterocycles. The minimum Gasteiger partial charge on any atom is -0.0654 e. The average molecular weight is 187 g/mol.